The van der Waals surface area contributed by atoms with Crippen molar-refractivity contribution in [2.75, 3.05) is 0 Å². The summed E-state index contributed by atoms with van der Waals surface area (Å²) in [5, 5.41) is 1.48. The summed E-state index contributed by atoms with van der Waals surface area (Å²) in [5.41, 5.74) is 2.88. The van der Waals surface area contributed by atoms with Gasteiger partial charge in [0, 0.05) is 20.3 Å². The second kappa shape index (κ2) is 11.3. The maximum absolute atomic E-state index is 2.36. The summed E-state index contributed by atoms with van der Waals surface area (Å²) >= 11 is 3.97. The van der Waals surface area contributed by atoms with Crippen molar-refractivity contribution in [3.63, 3.8) is 0 Å². The van der Waals surface area contributed by atoms with Crippen LogP contribution in [0.4, 0.5) is 0 Å². The molecule has 0 saturated heterocycles. The van der Waals surface area contributed by atoms with Crippen LogP contribution in [-0.4, -0.2) is 10.5 Å². The van der Waals surface area contributed by atoms with E-state index in [2.05, 4.69) is 62.5 Å². The first-order valence-electron chi connectivity index (χ1n) is 7.34. The molecule has 5 heteroatoms. The number of fused-ring (bicyclic) bond motifs is 2. The van der Waals surface area contributed by atoms with Crippen molar-refractivity contribution in [1.82, 2.24) is 0 Å². The molecule has 0 aromatic carbocycles. The third-order valence-electron chi connectivity index (χ3n) is 3.71. The molecule has 0 aromatic rings. The van der Waals surface area contributed by atoms with Gasteiger partial charge in [0.05, 0.1) is 0 Å². The molecule has 2 unspecified atom stereocenters. The summed E-state index contributed by atoms with van der Waals surface area (Å²) in [4.78, 5) is 2.93. The Kier molecular flexibility index (Phi) is 11.6. The van der Waals surface area contributed by atoms with Crippen LogP contribution in [0.2, 0.25) is 0 Å². The van der Waals surface area contributed by atoms with E-state index >= 15 is 0 Å². The molecule has 0 N–H and O–H groups in total. The Labute approximate surface area is 180 Å². The van der Waals surface area contributed by atoms with Crippen LogP contribution in [-0.2, 0) is 26.2 Å². The fourth-order valence-electron chi connectivity index (χ4n) is 2.52. The predicted octanol–water partition coefficient (Wildman–Crippen LogP) is -0.211. The summed E-state index contributed by atoms with van der Waals surface area (Å²) in [6.45, 7) is 4.47. The van der Waals surface area contributed by atoms with Gasteiger partial charge in [-0.05, 0) is 36.1 Å². The van der Waals surface area contributed by atoms with E-state index in [-0.39, 0.29) is 51.0 Å². The van der Waals surface area contributed by atoms with Gasteiger partial charge in [0.2, 0.25) is 0 Å². The minimum Gasteiger partial charge on any atom is -1.00 e. The molecule has 0 amide bonds. The fourth-order valence-corrected chi connectivity index (χ4v) is 4.80. The molecule has 0 aromatic heterocycles. The van der Waals surface area contributed by atoms with Gasteiger partial charge in [0.15, 0.2) is 0 Å². The SMILES string of the molecule is CCC1C=C2C=CC=C2S1.CCC1C=C2C=CC=C2S1.[Cl-].[Cl-].[Zr+2]. The molecule has 2 heterocycles. The van der Waals surface area contributed by atoms with Gasteiger partial charge in [-0.2, -0.15) is 0 Å². The molecule has 2 aliphatic heterocycles. The average Bonchev–Trinajstić information content (AvgIpc) is 3.17. The molecular formula is C18H20Cl2S2Zr. The standard InChI is InChI=1S/2C9H10S.2ClH.Zr/c2*1-2-8-6-7-4-3-5-9(7)10-8;;;/h2*3-6,8H,2H2,1H3;2*1H;/q;;;;+2/p-2. The van der Waals surface area contributed by atoms with Crippen molar-refractivity contribution in [2.45, 2.75) is 37.2 Å². The molecular weight excluding hydrogens is 442 g/mol. The monoisotopic (exact) mass is 460 g/mol. The predicted molar refractivity (Wildman–Crippen MR) is 94.0 cm³/mol. The van der Waals surface area contributed by atoms with Gasteiger partial charge in [0.25, 0.3) is 0 Å². The van der Waals surface area contributed by atoms with Crippen LogP contribution in [0, 0.1) is 0 Å². The van der Waals surface area contributed by atoms with Gasteiger partial charge in [-0.1, -0.05) is 50.3 Å². The van der Waals surface area contributed by atoms with Crippen LogP contribution in [0.3, 0.4) is 0 Å². The first-order valence-corrected chi connectivity index (χ1v) is 9.10. The van der Waals surface area contributed by atoms with Gasteiger partial charge in [-0.15, -0.1) is 23.5 Å². The van der Waals surface area contributed by atoms with Crippen LogP contribution < -0.4 is 24.8 Å². The number of rotatable bonds is 2. The van der Waals surface area contributed by atoms with Crippen LogP contribution in [0.15, 0.2) is 69.6 Å². The number of hydrogen-bond donors (Lipinski definition) is 0. The molecule has 23 heavy (non-hydrogen) atoms. The van der Waals surface area contributed by atoms with E-state index in [9.17, 15) is 0 Å². The van der Waals surface area contributed by atoms with E-state index in [1.807, 2.05) is 23.5 Å². The second-order valence-electron chi connectivity index (χ2n) is 5.15. The first kappa shape index (κ1) is 23.6. The molecule has 0 bridgehead atoms. The molecule has 0 radical (unpaired) electrons. The zero-order chi connectivity index (χ0) is 13.9. The largest absolute Gasteiger partial charge is 2.00 e. The Hall–Kier alpha value is 0.603. The smallest absolute Gasteiger partial charge is 1.00 e. The molecule has 0 fully saturated rings. The number of halogens is 2. The molecule has 4 aliphatic rings. The Morgan fingerprint density at radius 2 is 1.17 bits per heavy atom. The third-order valence-corrected chi connectivity index (χ3v) is 6.50. The van der Waals surface area contributed by atoms with Crippen molar-refractivity contribution < 1.29 is 51.0 Å². The Bertz CT molecular complexity index is 534. The second-order valence-corrected chi connectivity index (χ2v) is 7.72. The zero-order valence-electron chi connectivity index (χ0n) is 13.3. The van der Waals surface area contributed by atoms with Crippen molar-refractivity contribution in [1.29, 1.82) is 0 Å². The minimum atomic E-state index is 0. The molecule has 0 nitrogen and oxygen atoms in total. The Morgan fingerprint density at radius 1 is 0.783 bits per heavy atom. The number of thioether (sulfide) groups is 2. The van der Waals surface area contributed by atoms with Gasteiger partial charge in [-0.3, -0.25) is 0 Å². The topological polar surface area (TPSA) is 0 Å². The third kappa shape index (κ3) is 5.82. The van der Waals surface area contributed by atoms with Gasteiger partial charge in [-0.25, -0.2) is 0 Å². The van der Waals surface area contributed by atoms with Crippen molar-refractivity contribution in [2.24, 2.45) is 0 Å². The molecule has 2 atom stereocenters. The van der Waals surface area contributed by atoms with E-state index in [0.29, 0.717) is 0 Å². The summed E-state index contributed by atoms with van der Waals surface area (Å²) in [6.07, 6.45) is 20.3. The van der Waals surface area contributed by atoms with Crippen LogP contribution in [0.5, 0.6) is 0 Å². The summed E-state index contributed by atoms with van der Waals surface area (Å²) < 4.78 is 0. The van der Waals surface area contributed by atoms with Crippen molar-refractivity contribution in [3.05, 3.63) is 69.6 Å². The minimum absolute atomic E-state index is 0. The normalized spacial score (nSPS) is 24.6. The first-order chi connectivity index (χ1) is 9.80. The Balaban J connectivity index is 0.000000372. The Morgan fingerprint density at radius 3 is 1.48 bits per heavy atom. The van der Waals surface area contributed by atoms with Gasteiger partial charge >= 0.3 is 26.2 Å². The number of allylic oxidation sites excluding steroid dienone is 8. The number of hydrogen-bond acceptors (Lipinski definition) is 2. The van der Waals surface area contributed by atoms with E-state index in [1.54, 1.807) is 0 Å². The van der Waals surface area contributed by atoms with E-state index in [4.69, 9.17) is 0 Å². The quantitative estimate of drug-likeness (QED) is 0.557. The summed E-state index contributed by atoms with van der Waals surface area (Å²) in [6, 6.07) is 0. The summed E-state index contributed by atoms with van der Waals surface area (Å²) in [7, 11) is 0. The maximum atomic E-state index is 2.36. The van der Waals surface area contributed by atoms with E-state index < -0.39 is 0 Å². The van der Waals surface area contributed by atoms with Gasteiger partial charge < -0.3 is 24.8 Å². The molecule has 2 aliphatic carbocycles. The van der Waals surface area contributed by atoms with Crippen molar-refractivity contribution >= 4 is 23.5 Å². The molecule has 122 valence electrons. The molecule has 4 rings (SSSR count). The van der Waals surface area contributed by atoms with E-state index in [1.165, 1.54) is 33.8 Å². The van der Waals surface area contributed by atoms with E-state index in [0.717, 1.165) is 10.5 Å². The van der Waals surface area contributed by atoms with Crippen LogP contribution in [0.25, 0.3) is 0 Å². The summed E-state index contributed by atoms with van der Waals surface area (Å²) in [5.74, 6) is 0. The fraction of sp³-hybridized carbons (Fsp3) is 0.333. The van der Waals surface area contributed by atoms with Crippen LogP contribution in [0.1, 0.15) is 26.7 Å². The zero-order valence-corrected chi connectivity index (χ0v) is 18.9. The molecule has 0 spiro atoms. The van der Waals surface area contributed by atoms with Crippen molar-refractivity contribution in [3.8, 4) is 0 Å². The average molecular weight is 463 g/mol. The molecule has 0 saturated carbocycles. The van der Waals surface area contributed by atoms with Crippen LogP contribution >= 0.6 is 23.5 Å². The van der Waals surface area contributed by atoms with Gasteiger partial charge in [0.1, 0.15) is 0 Å². The maximum Gasteiger partial charge on any atom is 2.00 e.